The van der Waals surface area contributed by atoms with Gasteiger partial charge in [0.2, 0.25) is 0 Å². The molecule has 0 aromatic heterocycles. The number of carbonyl (C=O) groups is 2. The smallest absolute Gasteiger partial charge is 0.408 e. The molecule has 0 radical (unpaired) electrons. The zero-order valence-corrected chi connectivity index (χ0v) is 12.7. The van der Waals surface area contributed by atoms with Crippen LogP contribution in [0.1, 0.15) is 46.5 Å². The van der Waals surface area contributed by atoms with Gasteiger partial charge in [-0.1, -0.05) is 6.42 Å². The van der Waals surface area contributed by atoms with Crippen LogP contribution in [0, 0.1) is 5.41 Å². The highest BCUT2D eigenvalue weighted by atomic mass is 16.6. The van der Waals surface area contributed by atoms with E-state index in [0.717, 1.165) is 19.3 Å². The lowest BCUT2D eigenvalue weighted by Gasteiger charge is -2.42. The molecule has 1 rings (SSSR count). The molecule has 2 N–H and O–H groups in total. The number of nitrogens with one attached hydrogen (secondary N) is 1. The minimum absolute atomic E-state index is 0.132. The van der Waals surface area contributed by atoms with E-state index in [-0.39, 0.29) is 5.41 Å². The fraction of sp³-hybridized carbons (Fsp3) is 0.857. The van der Waals surface area contributed by atoms with Crippen LogP contribution < -0.4 is 5.32 Å². The first kappa shape index (κ1) is 16.8. The molecule has 0 aromatic carbocycles. The van der Waals surface area contributed by atoms with Crippen molar-refractivity contribution in [2.24, 2.45) is 5.41 Å². The van der Waals surface area contributed by atoms with E-state index in [4.69, 9.17) is 9.47 Å². The van der Waals surface area contributed by atoms with Crippen molar-refractivity contribution >= 4 is 12.1 Å². The summed E-state index contributed by atoms with van der Waals surface area (Å²) in [5.74, 6) is -1.04. The number of aliphatic carboxylic acids is 1. The van der Waals surface area contributed by atoms with Gasteiger partial charge in [0.25, 0.3) is 0 Å². The minimum atomic E-state index is -1.04. The van der Waals surface area contributed by atoms with Crippen LogP contribution in [0.15, 0.2) is 0 Å². The molecule has 1 amide bonds. The number of hydrogen-bond acceptors (Lipinski definition) is 4. The zero-order valence-electron chi connectivity index (χ0n) is 12.7. The molecule has 0 saturated heterocycles. The average Bonchev–Trinajstić information content (AvgIpc) is 2.22. The van der Waals surface area contributed by atoms with E-state index in [0.29, 0.717) is 13.0 Å². The van der Waals surface area contributed by atoms with Crippen LogP contribution in [0.2, 0.25) is 0 Å². The molecular formula is C14H25NO5. The van der Waals surface area contributed by atoms with Gasteiger partial charge in [-0.2, -0.15) is 0 Å². The highest BCUT2D eigenvalue weighted by molar-refractivity contribution is 5.80. The van der Waals surface area contributed by atoms with Crippen molar-refractivity contribution in [2.45, 2.75) is 58.1 Å². The fourth-order valence-corrected chi connectivity index (χ4v) is 2.47. The Morgan fingerprint density at radius 3 is 2.30 bits per heavy atom. The van der Waals surface area contributed by atoms with Crippen LogP contribution in [-0.2, 0) is 14.3 Å². The summed E-state index contributed by atoms with van der Waals surface area (Å²) in [7, 11) is 1.61. The number of alkyl carbamates (subject to hydrolysis) is 1. The summed E-state index contributed by atoms with van der Waals surface area (Å²) >= 11 is 0. The number of carboxylic acids is 1. The van der Waals surface area contributed by atoms with Gasteiger partial charge in [0.1, 0.15) is 11.6 Å². The van der Waals surface area contributed by atoms with Crippen LogP contribution in [0.4, 0.5) is 4.79 Å². The number of amides is 1. The summed E-state index contributed by atoms with van der Waals surface area (Å²) in [6, 6.07) is -0.944. The van der Waals surface area contributed by atoms with Gasteiger partial charge in [0.05, 0.1) is 6.61 Å². The second-order valence-corrected chi connectivity index (χ2v) is 6.53. The number of carbonyl (C=O) groups excluding carboxylic acids is 1. The molecule has 1 atom stereocenters. The molecule has 0 heterocycles. The molecule has 20 heavy (non-hydrogen) atoms. The fourth-order valence-electron chi connectivity index (χ4n) is 2.47. The van der Waals surface area contributed by atoms with Gasteiger partial charge in [-0.3, -0.25) is 0 Å². The molecule has 1 fully saturated rings. The molecule has 6 heteroatoms. The van der Waals surface area contributed by atoms with Gasteiger partial charge in [-0.25, -0.2) is 9.59 Å². The van der Waals surface area contributed by atoms with Crippen molar-refractivity contribution in [3.8, 4) is 0 Å². The van der Waals surface area contributed by atoms with Gasteiger partial charge in [0, 0.05) is 7.11 Å². The number of rotatable bonds is 6. The molecule has 6 nitrogen and oxygen atoms in total. The summed E-state index contributed by atoms with van der Waals surface area (Å²) in [6.07, 6.45) is 2.61. The van der Waals surface area contributed by atoms with Crippen molar-refractivity contribution in [1.82, 2.24) is 5.32 Å². The van der Waals surface area contributed by atoms with Gasteiger partial charge in [-0.15, -0.1) is 0 Å². The maximum Gasteiger partial charge on any atom is 0.408 e. The molecule has 0 aromatic rings. The first-order valence-corrected chi connectivity index (χ1v) is 6.89. The van der Waals surface area contributed by atoms with E-state index in [1.807, 2.05) is 0 Å². The average molecular weight is 287 g/mol. The first-order chi connectivity index (χ1) is 9.17. The molecule has 1 aliphatic carbocycles. The van der Waals surface area contributed by atoms with Gasteiger partial charge >= 0.3 is 12.1 Å². The Kier molecular flexibility index (Phi) is 5.39. The Morgan fingerprint density at radius 2 is 1.95 bits per heavy atom. The lowest BCUT2D eigenvalue weighted by molar-refractivity contribution is -0.141. The second kappa shape index (κ2) is 6.43. The number of methoxy groups -OCH3 is 1. The highest BCUT2D eigenvalue weighted by Crippen LogP contribution is 2.44. The summed E-state index contributed by atoms with van der Waals surface area (Å²) in [4.78, 5) is 23.0. The lowest BCUT2D eigenvalue weighted by atomic mass is 9.66. The number of hydrogen-bond donors (Lipinski definition) is 2. The third-order valence-corrected chi connectivity index (χ3v) is 3.49. The summed E-state index contributed by atoms with van der Waals surface area (Å²) < 4.78 is 10.3. The van der Waals surface area contributed by atoms with E-state index in [2.05, 4.69) is 5.32 Å². The number of carboxylic acid groups (broad SMARTS) is 1. The van der Waals surface area contributed by atoms with Crippen molar-refractivity contribution in [3.05, 3.63) is 0 Å². The minimum Gasteiger partial charge on any atom is -0.480 e. The number of ether oxygens (including phenoxy) is 2. The molecule has 1 aliphatic rings. The van der Waals surface area contributed by atoms with Crippen LogP contribution >= 0.6 is 0 Å². The topological polar surface area (TPSA) is 84.9 Å². The molecule has 116 valence electrons. The van der Waals surface area contributed by atoms with Crippen molar-refractivity contribution in [2.75, 3.05) is 13.7 Å². The predicted octanol–water partition coefficient (Wildman–Crippen LogP) is 2.17. The maximum atomic E-state index is 11.7. The third kappa shape index (κ3) is 5.00. The maximum absolute atomic E-state index is 11.7. The van der Waals surface area contributed by atoms with Crippen molar-refractivity contribution in [3.63, 3.8) is 0 Å². The Bertz CT molecular complexity index is 357. The van der Waals surface area contributed by atoms with Crippen LogP contribution in [0.5, 0.6) is 0 Å². The van der Waals surface area contributed by atoms with Crippen LogP contribution in [0.25, 0.3) is 0 Å². The normalized spacial score (nSPS) is 18.8. The molecule has 1 unspecified atom stereocenters. The lowest BCUT2D eigenvalue weighted by Crippen LogP contribution is -2.48. The summed E-state index contributed by atoms with van der Waals surface area (Å²) in [5.41, 5.74) is -0.777. The highest BCUT2D eigenvalue weighted by Gasteiger charge is 2.41. The van der Waals surface area contributed by atoms with E-state index < -0.39 is 23.7 Å². The monoisotopic (exact) mass is 287 g/mol. The van der Waals surface area contributed by atoms with Gasteiger partial charge in [-0.05, 0) is 45.4 Å². The third-order valence-electron chi connectivity index (χ3n) is 3.49. The molecule has 0 spiro atoms. The summed E-state index contributed by atoms with van der Waals surface area (Å²) in [5, 5.41) is 11.7. The van der Waals surface area contributed by atoms with Gasteiger partial charge < -0.3 is 19.9 Å². The summed E-state index contributed by atoms with van der Waals surface area (Å²) in [6.45, 7) is 5.73. The van der Waals surface area contributed by atoms with E-state index in [1.54, 1.807) is 27.9 Å². The molecule has 0 aliphatic heterocycles. The SMILES string of the molecule is COCC1(CC(NC(=O)OC(C)(C)C)C(=O)O)CCC1. The molecule has 1 saturated carbocycles. The zero-order chi connectivity index (χ0) is 15.4. The van der Waals surface area contributed by atoms with E-state index in [9.17, 15) is 14.7 Å². The van der Waals surface area contributed by atoms with E-state index in [1.165, 1.54) is 0 Å². The second-order valence-electron chi connectivity index (χ2n) is 6.53. The molecular weight excluding hydrogens is 262 g/mol. The van der Waals surface area contributed by atoms with Gasteiger partial charge in [0.15, 0.2) is 0 Å². The Hall–Kier alpha value is -1.30. The van der Waals surface area contributed by atoms with E-state index >= 15 is 0 Å². The standard InChI is InChI=1S/C14H25NO5/c1-13(2,3)20-12(18)15-10(11(16)17)8-14(9-19-4)6-5-7-14/h10H,5-9H2,1-4H3,(H,15,18)(H,16,17). The Labute approximate surface area is 119 Å². The van der Waals surface area contributed by atoms with Crippen molar-refractivity contribution < 1.29 is 24.2 Å². The van der Waals surface area contributed by atoms with Crippen LogP contribution in [0.3, 0.4) is 0 Å². The quantitative estimate of drug-likeness (QED) is 0.782. The molecule has 0 bridgehead atoms. The Balaban J connectivity index is 2.61. The van der Waals surface area contributed by atoms with Crippen LogP contribution in [-0.4, -0.2) is 42.5 Å². The first-order valence-electron chi connectivity index (χ1n) is 6.89. The largest absolute Gasteiger partial charge is 0.480 e. The van der Waals surface area contributed by atoms with Crippen molar-refractivity contribution in [1.29, 1.82) is 0 Å². The Morgan fingerprint density at radius 1 is 1.35 bits per heavy atom. The predicted molar refractivity (Wildman–Crippen MR) is 73.6 cm³/mol.